The van der Waals surface area contributed by atoms with Crippen molar-refractivity contribution in [3.63, 3.8) is 0 Å². The Morgan fingerprint density at radius 1 is 1.35 bits per heavy atom. The summed E-state index contributed by atoms with van der Waals surface area (Å²) in [6, 6.07) is 0. The highest BCUT2D eigenvalue weighted by Gasteiger charge is 2.24. The molecule has 1 aliphatic rings. The van der Waals surface area contributed by atoms with E-state index in [4.69, 9.17) is 0 Å². The number of aromatic amines is 1. The minimum atomic E-state index is -2.91. The maximum Gasteiger partial charge on any atom is 0.226 e. The van der Waals surface area contributed by atoms with Gasteiger partial charge in [0.25, 0.3) is 0 Å². The van der Waals surface area contributed by atoms with Crippen LogP contribution in [0.15, 0.2) is 6.20 Å². The number of sulfone groups is 1. The van der Waals surface area contributed by atoms with Crippen LogP contribution >= 0.6 is 0 Å². The van der Waals surface area contributed by atoms with Crippen LogP contribution in [0.2, 0.25) is 0 Å². The van der Waals surface area contributed by atoms with Crippen molar-refractivity contribution in [2.45, 2.75) is 6.92 Å². The van der Waals surface area contributed by atoms with Crippen LogP contribution in [-0.2, 0) is 9.84 Å². The predicted octanol–water partition coefficient (Wildman–Crippen LogP) is 0.0195. The fourth-order valence-electron chi connectivity index (χ4n) is 2.22. The maximum atomic E-state index is 11.5. The van der Waals surface area contributed by atoms with E-state index in [1.54, 1.807) is 6.20 Å². The minimum absolute atomic E-state index is 0.160. The molecule has 1 saturated heterocycles. The van der Waals surface area contributed by atoms with Crippen molar-refractivity contribution in [3.8, 4) is 0 Å². The molecule has 2 aromatic rings. The minimum Gasteiger partial charge on any atom is -0.354 e. The Hall–Kier alpha value is -1.90. The first-order valence-corrected chi connectivity index (χ1v) is 8.31. The monoisotopic (exact) mass is 296 g/mol. The van der Waals surface area contributed by atoms with Crippen molar-refractivity contribution in [1.82, 2.24) is 20.2 Å². The SMILES string of the molecule is CCNc1nc(N2CCS(=O)(=O)CC2)c2cn[nH]c2n1. The molecule has 0 amide bonds. The van der Waals surface area contributed by atoms with Crippen molar-refractivity contribution in [2.24, 2.45) is 0 Å². The van der Waals surface area contributed by atoms with Gasteiger partial charge in [-0.15, -0.1) is 0 Å². The van der Waals surface area contributed by atoms with Gasteiger partial charge >= 0.3 is 0 Å². The van der Waals surface area contributed by atoms with Gasteiger partial charge < -0.3 is 10.2 Å². The van der Waals surface area contributed by atoms with E-state index in [1.807, 2.05) is 11.8 Å². The van der Waals surface area contributed by atoms with E-state index in [0.717, 1.165) is 11.2 Å². The molecule has 8 nitrogen and oxygen atoms in total. The van der Waals surface area contributed by atoms with E-state index in [2.05, 4.69) is 25.5 Å². The van der Waals surface area contributed by atoms with Crippen LogP contribution in [0.5, 0.6) is 0 Å². The normalized spacial score (nSPS) is 18.4. The molecule has 0 unspecified atom stereocenters. The van der Waals surface area contributed by atoms with E-state index >= 15 is 0 Å². The number of hydrogen-bond acceptors (Lipinski definition) is 7. The molecule has 0 saturated carbocycles. The smallest absolute Gasteiger partial charge is 0.226 e. The summed E-state index contributed by atoms with van der Waals surface area (Å²) < 4.78 is 23.0. The molecule has 0 spiro atoms. The fourth-order valence-corrected chi connectivity index (χ4v) is 3.42. The first-order chi connectivity index (χ1) is 9.59. The van der Waals surface area contributed by atoms with Gasteiger partial charge in [-0.2, -0.15) is 15.1 Å². The molecule has 0 atom stereocenters. The van der Waals surface area contributed by atoms with Crippen LogP contribution in [0.25, 0.3) is 11.0 Å². The first-order valence-electron chi connectivity index (χ1n) is 6.49. The molecule has 9 heteroatoms. The lowest BCUT2D eigenvalue weighted by atomic mass is 10.3. The highest BCUT2D eigenvalue weighted by molar-refractivity contribution is 7.91. The molecule has 0 bridgehead atoms. The van der Waals surface area contributed by atoms with Crippen LogP contribution in [0.1, 0.15) is 6.92 Å². The molecule has 2 N–H and O–H groups in total. The van der Waals surface area contributed by atoms with Crippen LogP contribution < -0.4 is 10.2 Å². The Labute approximate surface area is 116 Å². The number of hydrogen-bond donors (Lipinski definition) is 2. The van der Waals surface area contributed by atoms with Gasteiger partial charge in [-0.1, -0.05) is 0 Å². The third-order valence-electron chi connectivity index (χ3n) is 3.27. The summed E-state index contributed by atoms with van der Waals surface area (Å²) in [4.78, 5) is 10.8. The molecule has 1 fully saturated rings. The third kappa shape index (κ3) is 2.40. The molecule has 20 heavy (non-hydrogen) atoms. The van der Waals surface area contributed by atoms with E-state index in [9.17, 15) is 8.42 Å². The summed E-state index contributed by atoms with van der Waals surface area (Å²) in [6.07, 6.45) is 1.67. The molecule has 3 heterocycles. The summed E-state index contributed by atoms with van der Waals surface area (Å²) in [6.45, 7) is 3.58. The molecule has 2 aromatic heterocycles. The number of anilines is 2. The van der Waals surface area contributed by atoms with Crippen molar-refractivity contribution in [1.29, 1.82) is 0 Å². The van der Waals surface area contributed by atoms with Gasteiger partial charge in [0.2, 0.25) is 5.95 Å². The second-order valence-electron chi connectivity index (χ2n) is 4.67. The summed E-state index contributed by atoms with van der Waals surface area (Å²) in [5, 5.41) is 10.7. The van der Waals surface area contributed by atoms with Crippen molar-refractivity contribution >= 4 is 32.6 Å². The lowest BCUT2D eigenvalue weighted by Crippen LogP contribution is -2.40. The summed E-state index contributed by atoms with van der Waals surface area (Å²) in [5.74, 6) is 1.57. The standard InChI is InChI=1S/C11H16N6O2S/c1-2-12-11-14-9-8(7-13-16-9)10(15-11)17-3-5-20(18,19)6-4-17/h7H,2-6H2,1H3,(H2,12,13,14,15,16). The van der Waals surface area contributed by atoms with E-state index in [-0.39, 0.29) is 11.5 Å². The zero-order chi connectivity index (χ0) is 14.2. The van der Waals surface area contributed by atoms with Gasteiger partial charge in [-0.25, -0.2) is 8.42 Å². The number of nitrogens with zero attached hydrogens (tertiary/aromatic N) is 4. The lowest BCUT2D eigenvalue weighted by Gasteiger charge is -2.28. The fraction of sp³-hybridized carbons (Fsp3) is 0.545. The molecule has 0 aliphatic carbocycles. The van der Waals surface area contributed by atoms with Crippen LogP contribution in [0.3, 0.4) is 0 Å². The quantitative estimate of drug-likeness (QED) is 0.822. The van der Waals surface area contributed by atoms with Gasteiger partial charge in [-0.3, -0.25) is 5.10 Å². The van der Waals surface area contributed by atoms with Gasteiger partial charge in [0.05, 0.1) is 23.1 Å². The predicted molar refractivity (Wildman–Crippen MR) is 76.7 cm³/mol. The van der Waals surface area contributed by atoms with Gasteiger partial charge in [0, 0.05) is 19.6 Å². The van der Waals surface area contributed by atoms with E-state index in [0.29, 0.717) is 31.2 Å². The highest BCUT2D eigenvalue weighted by Crippen LogP contribution is 2.25. The molecule has 0 radical (unpaired) electrons. The molecule has 108 valence electrons. The molecule has 0 aromatic carbocycles. The van der Waals surface area contributed by atoms with Gasteiger partial charge in [0.15, 0.2) is 15.5 Å². The Morgan fingerprint density at radius 3 is 2.80 bits per heavy atom. The van der Waals surface area contributed by atoms with Crippen LogP contribution in [0, 0.1) is 0 Å². The molecular weight excluding hydrogens is 280 g/mol. The summed E-state index contributed by atoms with van der Waals surface area (Å²) >= 11 is 0. The van der Waals surface area contributed by atoms with Gasteiger partial charge in [-0.05, 0) is 6.92 Å². The Morgan fingerprint density at radius 2 is 2.10 bits per heavy atom. The van der Waals surface area contributed by atoms with Crippen molar-refractivity contribution in [3.05, 3.63) is 6.20 Å². The molecule has 1 aliphatic heterocycles. The summed E-state index contributed by atoms with van der Waals surface area (Å²) in [7, 11) is -2.91. The molecule has 3 rings (SSSR count). The van der Waals surface area contributed by atoms with E-state index < -0.39 is 9.84 Å². The molecular formula is C11H16N6O2S. The van der Waals surface area contributed by atoms with Crippen molar-refractivity contribution in [2.75, 3.05) is 41.4 Å². The van der Waals surface area contributed by atoms with E-state index in [1.165, 1.54) is 0 Å². The topological polar surface area (TPSA) is 104 Å². The first kappa shape index (κ1) is 13.1. The van der Waals surface area contributed by atoms with Crippen LogP contribution in [0.4, 0.5) is 11.8 Å². The lowest BCUT2D eigenvalue weighted by molar-refractivity contribution is 0.586. The number of aromatic nitrogens is 4. The van der Waals surface area contributed by atoms with Crippen molar-refractivity contribution < 1.29 is 8.42 Å². The second-order valence-corrected chi connectivity index (χ2v) is 6.98. The second kappa shape index (κ2) is 4.89. The Bertz CT molecular complexity index is 712. The largest absolute Gasteiger partial charge is 0.354 e. The zero-order valence-corrected chi connectivity index (χ0v) is 11.9. The number of fused-ring (bicyclic) bond motifs is 1. The average molecular weight is 296 g/mol. The summed E-state index contributed by atoms with van der Waals surface area (Å²) in [5.41, 5.74) is 0.652. The highest BCUT2D eigenvalue weighted by atomic mass is 32.2. The van der Waals surface area contributed by atoms with Crippen LogP contribution in [-0.4, -0.2) is 59.7 Å². The zero-order valence-electron chi connectivity index (χ0n) is 11.1. The Balaban J connectivity index is 1.99. The maximum absolute atomic E-state index is 11.5. The number of H-pyrrole nitrogens is 1. The number of rotatable bonds is 3. The van der Waals surface area contributed by atoms with Gasteiger partial charge in [0.1, 0.15) is 5.82 Å². The number of nitrogens with one attached hydrogen (secondary N) is 2. The average Bonchev–Trinajstić information content (AvgIpc) is 2.86. The third-order valence-corrected chi connectivity index (χ3v) is 4.88. The Kier molecular flexibility index (Phi) is 3.20.